The third-order valence-electron chi connectivity index (χ3n) is 5.35. The second-order valence-electron chi connectivity index (χ2n) is 6.98. The summed E-state index contributed by atoms with van der Waals surface area (Å²) in [6.45, 7) is 1.51. The highest BCUT2D eigenvalue weighted by Crippen LogP contribution is 2.38. The highest BCUT2D eigenvalue weighted by atomic mass is 16.2. The zero-order valence-corrected chi connectivity index (χ0v) is 14.0. The number of rotatable bonds is 3. The molecule has 3 aromatic rings. The molecule has 1 saturated carbocycles. The first-order chi connectivity index (χ1) is 12.3. The molecule has 2 aliphatic rings. The first-order valence-electron chi connectivity index (χ1n) is 8.92. The molecule has 1 aliphatic carbocycles. The van der Waals surface area contributed by atoms with Crippen LogP contribution in [-0.2, 0) is 0 Å². The number of hydrogen-bond acceptors (Lipinski definition) is 4. The Balaban J connectivity index is 1.31. The highest BCUT2D eigenvalue weighted by Gasteiger charge is 2.32. The zero-order valence-electron chi connectivity index (χ0n) is 14.0. The van der Waals surface area contributed by atoms with Crippen molar-refractivity contribution in [2.45, 2.75) is 37.6 Å². The van der Waals surface area contributed by atoms with Crippen LogP contribution in [0.2, 0.25) is 0 Å². The van der Waals surface area contributed by atoms with Gasteiger partial charge >= 0.3 is 0 Å². The van der Waals surface area contributed by atoms with Gasteiger partial charge < -0.3 is 9.47 Å². The number of nitrogens with zero attached hydrogens (tertiary/aromatic N) is 6. The van der Waals surface area contributed by atoms with Crippen LogP contribution in [0.25, 0.3) is 5.52 Å². The molecule has 0 radical (unpaired) electrons. The molecule has 1 aliphatic heterocycles. The van der Waals surface area contributed by atoms with E-state index < -0.39 is 0 Å². The van der Waals surface area contributed by atoms with Crippen molar-refractivity contribution >= 4 is 11.4 Å². The van der Waals surface area contributed by atoms with Gasteiger partial charge in [-0.25, -0.2) is 4.52 Å². The summed E-state index contributed by atoms with van der Waals surface area (Å²) in [7, 11) is 0. The molecule has 0 aromatic carbocycles. The summed E-state index contributed by atoms with van der Waals surface area (Å²) in [6, 6.07) is 6.38. The highest BCUT2D eigenvalue weighted by molar-refractivity contribution is 6.00. The van der Waals surface area contributed by atoms with Crippen LogP contribution in [-0.4, -0.2) is 48.3 Å². The predicted molar refractivity (Wildman–Crippen MR) is 91.4 cm³/mol. The van der Waals surface area contributed by atoms with Gasteiger partial charge in [-0.1, -0.05) is 6.07 Å². The van der Waals surface area contributed by atoms with Crippen molar-refractivity contribution in [3.63, 3.8) is 0 Å². The van der Waals surface area contributed by atoms with Crippen LogP contribution < -0.4 is 0 Å². The van der Waals surface area contributed by atoms with Crippen LogP contribution in [0.4, 0.5) is 0 Å². The zero-order chi connectivity index (χ0) is 16.8. The molecule has 1 amide bonds. The lowest BCUT2D eigenvalue weighted by molar-refractivity contribution is 0.0712. The Hall–Kier alpha value is -2.70. The summed E-state index contributed by atoms with van der Waals surface area (Å²) in [5.41, 5.74) is 1.54. The van der Waals surface area contributed by atoms with Crippen molar-refractivity contribution in [2.24, 2.45) is 0 Å². The molecule has 1 saturated heterocycles. The molecule has 0 bridgehead atoms. The third-order valence-corrected chi connectivity index (χ3v) is 5.35. The van der Waals surface area contributed by atoms with E-state index in [2.05, 4.69) is 19.9 Å². The lowest BCUT2D eigenvalue weighted by Gasteiger charge is -2.31. The number of fused-ring (bicyclic) bond motifs is 1. The summed E-state index contributed by atoms with van der Waals surface area (Å²) in [6.07, 6.45) is 9.75. The second kappa shape index (κ2) is 5.68. The summed E-state index contributed by atoms with van der Waals surface area (Å²) in [5.74, 6) is 1.57. The SMILES string of the molecule is O=C(c1cnn2ccccc12)N1CCC(c2nncn2C2CC2)CC1. The molecule has 0 atom stereocenters. The summed E-state index contributed by atoms with van der Waals surface area (Å²) >= 11 is 0. The number of carbonyl (C=O) groups is 1. The van der Waals surface area contributed by atoms with Crippen molar-refractivity contribution < 1.29 is 4.79 Å². The Morgan fingerprint density at radius 1 is 1.12 bits per heavy atom. The Kier molecular flexibility index (Phi) is 3.33. The van der Waals surface area contributed by atoms with Crippen molar-refractivity contribution in [1.82, 2.24) is 29.3 Å². The lowest BCUT2D eigenvalue weighted by Crippen LogP contribution is -2.38. The molecule has 128 valence electrons. The van der Waals surface area contributed by atoms with Crippen LogP contribution in [0.1, 0.15) is 53.8 Å². The standard InChI is InChI=1S/C18H20N6O/c25-18(15-11-20-24-8-2-1-3-16(15)24)22-9-6-13(7-10-22)17-21-19-12-23(17)14-4-5-14/h1-3,8,11-14H,4-7,9-10H2. The molecule has 25 heavy (non-hydrogen) atoms. The van der Waals surface area contributed by atoms with E-state index in [0.29, 0.717) is 17.5 Å². The maximum Gasteiger partial charge on any atom is 0.257 e. The second-order valence-corrected chi connectivity index (χ2v) is 6.98. The number of carbonyl (C=O) groups excluding carboxylic acids is 1. The van der Waals surface area contributed by atoms with Crippen LogP contribution in [0.15, 0.2) is 36.9 Å². The van der Waals surface area contributed by atoms with Crippen LogP contribution in [0.5, 0.6) is 0 Å². The van der Waals surface area contributed by atoms with E-state index in [9.17, 15) is 4.79 Å². The molecule has 5 rings (SSSR count). The molecular weight excluding hydrogens is 316 g/mol. The smallest absolute Gasteiger partial charge is 0.257 e. The molecule has 4 heterocycles. The van der Waals surface area contributed by atoms with Gasteiger partial charge in [0.2, 0.25) is 0 Å². The number of piperidine rings is 1. The Morgan fingerprint density at radius 2 is 1.96 bits per heavy atom. The first-order valence-corrected chi connectivity index (χ1v) is 8.92. The van der Waals surface area contributed by atoms with Gasteiger partial charge in [0.15, 0.2) is 0 Å². The average molecular weight is 336 g/mol. The first kappa shape index (κ1) is 14.6. The minimum atomic E-state index is 0.0725. The van der Waals surface area contributed by atoms with Gasteiger partial charge in [0.1, 0.15) is 12.2 Å². The molecule has 7 heteroatoms. The van der Waals surface area contributed by atoms with Crippen molar-refractivity contribution in [1.29, 1.82) is 0 Å². The largest absolute Gasteiger partial charge is 0.338 e. The summed E-state index contributed by atoms with van der Waals surface area (Å²) in [5, 5.41) is 12.7. The van der Waals surface area contributed by atoms with E-state index in [1.807, 2.05) is 35.6 Å². The van der Waals surface area contributed by atoms with Crippen molar-refractivity contribution in [3.05, 3.63) is 48.3 Å². The molecule has 0 unspecified atom stereocenters. The van der Waals surface area contributed by atoms with Gasteiger partial charge in [0.25, 0.3) is 5.91 Å². The van der Waals surface area contributed by atoms with Gasteiger partial charge in [-0.2, -0.15) is 5.10 Å². The van der Waals surface area contributed by atoms with E-state index >= 15 is 0 Å². The van der Waals surface area contributed by atoms with E-state index in [0.717, 1.165) is 37.3 Å². The monoisotopic (exact) mass is 336 g/mol. The predicted octanol–water partition coefficient (Wildman–Crippen LogP) is 2.28. The normalized spacial score (nSPS) is 18.8. The molecule has 7 nitrogen and oxygen atoms in total. The van der Waals surface area contributed by atoms with Gasteiger partial charge in [-0.3, -0.25) is 4.79 Å². The fourth-order valence-corrected chi connectivity index (χ4v) is 3.79. The topological polar surface area (TPSA) is 68.3 Å². The number of likely N-dealkylation sites (tertiary alicyclic amines) is 1. The van der Waals surface area contributed by atoms with E-state index in [1.165, 1.54) is 12.8 Å². The van der Waals surface area contributed by atoms with Crippen LogP contribution in [0.3, 0.4) is 0 Å². The van der Waals surface area contributed by atoms with Gasteiger partial charge in [-0.15, -0.1) is 10.2 Å². The molecule has 3 aromatic heterocycles. The Morgan fingerprint density at radius 3 is 2.76 bits per heavy atom. The quantitative estimate of drug-likeness (QED) is 0.736. The third kappa shape index (κ3) is 2.50. The van der Waals surface area contributed by atoms with Gasteiger partial charge in [-0.05, 0) is 37.8 Å². The number of pyridine rings is 1. The maximum absolute atomic E-state index is 12.9. The van der Waals surface area contributed by atoms with Crippen LogP contribution >= 0.6 is 0 Å². The molecule has 0 spiro atoms. The van der Waals surface area contributed by atoms with Gasteiger partial charge in [0, 0.05) is 31.2 Å². The maximum atomic E-state index is 12.9. The number of aromatic nitrogens is 5. The molecule has 0 N–H and O–H groups in total. The van der Waals surface area contributed by atoms with E-state index in [-0.39, 0.29) is 5.91 Å². The summed E-state index contributed by atoms with van der Waals surface area (Å²) < 4.78 is 3.99. The molecular formula is C18H20N6O. The lowest BCUT2D eigenvalue weighted by atomic mass is 9.95. The summed E-state index contributed by atoms with van der Waals surface area (Å²) in [4.78, 5) is 14.8. The van der Waals surface area contributed by atoms with Crippen molar-refractivity contribution in [3.8, 4) is 0 Å². The fourth-order valence-electron chi connectivity index (χ4n) is 3.79. The van der Waals surface area contributed by atoms with Crippen LogP contribution in [0, 0.1) is 0 Å². The number of amides is 1. The minimum absolute atomic E-state index is 0.0725. The minimum Gasteiger partial charge on any atom is -0.338 e. The number of hydrogen-bond donors (Lipinski definition) is 0. The Labute approximate surface area is 145 Å². The van der Waals surface area contributed by atoms with Gasteiger partial charge in [0.05, 0.1) is 17.3 Å². The fraction of sp³-hybridized carbons (Fsp3) is 0.444. The molecule has 2 fully saturated rings. The van der Waals surface area contributed by atoms with E-state index in [1.54, 1.807) is 10.7 Å². The van der Waals surface area contributed by atoms with Crippen molar-refractivity contribution in [2.75, 3.05) is 13.1 Å². The Bertz CT molecular complexity index is 916. The van der Waals surface area contributed by atoms with E-state index in [4.69, 9.17) is 0 Å². The average Bonchev–Trinajstić information content (AvgIpc) is 3.23.